The van der Waals surface area contributed by atoms with Crippen LogP contribution in [0.3, 0.4) is 0 Å². The van der Waals surface area contributed by atoms with Crippen LogP contribution in [-0.4, -0.2) is 15.0 Å². The number of benzene rings is 8. The van der Waals surface area contributed by atoms with Crippen LogP contribution < -0.4 is 0 Å². The second-order valence-corrected chi connectivity index (χ2v) is 14.6. The molecule has 10 rings (SSSR count). The zero-order valence-corrected chi connectivity index (χ0v) is 30.6. The first kappa shape index (κ1) is 32.6. The lowest BCUT2D eigenvalue weighted by Crippen LogP contribution is -2.00. The Kier molecular flexibility index (Phi) is 8.36. The van der Waals surface area contributed by atoms with Gasteiger partial charge in [0, 0.05) is 36.9 Å². The maximum atomic E-state index is 5.25. The van der Waals surface area contributed by atoms with E-state index in [9.17, 15) is 0 Å². The molecule has 2 aromatic heterocycles. The second kappa shape index (κ2) is 14.1. The first-order valence-electron chi connectivity index (χ1n) is 18.4. The Hall–Kier alpha value is -7.01. The van der Waals surface area contributed by atoms with Gasteiger partial charge in [0.05, 0.1) is 0 Å². The summed E-state index contributed by atoms with van der Waals surface area (Å²) < 4.78 is 2.40. The van der Waals surface area contributed by atoms with Gasteiger partial charge in [0.2, 0.25) is 0 Å². The van der Waals surface area contributed by atoms with Gasteiger partial charge in [-0.25, -0.2) is 15.0 Å². The molecular weight excluding hydrogens is 687 g/mol. The minimum atomic E-state index is 0.637. The van der Waals surface area contributed by atoms with Crippen LogP contribution >= 0.6 is 11.3 Å². The Labute approximate surface area is 323 Å². The van der Waals surface area contributed by atoms with E-state index in [1.165, 1.54) is 48.9 Å². The van der Waals surface area contributed by atoms with E-state index in [2.05, 4.69) is 188 Å². The highest BCUT2D eigenvalue weighted by molar-refractivity contribution is 7.27. The smallest absolute Gasteiger partial charge is 0.165 e. The van der Waals surface area contributed by atoms with Crippen LogP contribution in [0.1, 0.15) is 0 Å². The van der Waals surface area contributed by atoms with Crippen LogP contribution in [0.5, 0.6) is 0 Å². The standard InChI is InChI=1S/C51H33N3S/c1-5-14-34(15-6-1)36-24-28-40(29-25-36)49-52-50(41-30-26-37(27-31-41)35-16-7-2-8-17-35)54-51(53-49)45-33-32-42(38-18-9-3-10-19-38)46-44-23-13-22-43(47(44)55-48(45)46)39-20-11-4-12-21-39/h1-33H. The fraction of sp³-hybridized carbons (Fsp3) is 0. The van der Waals surface area contributed by atoms with E-state index in [0.717, 1.165) is 32.5 Å². The molecule has 0 atom stereocenters. The predicted octanol–water partition coefficient (Wildman–Crippen LogP) is 13.9. The summed E-state index contributed by atoms with van der Waals surface area (Å²) in [6, 6.07) is 70.3. The number of aromatic nitrogens is 3. The number of hydrogen-bond acceptors (Lipinski definition) is 4. The third-order valence-electron chi connectivity index (χ3n) is 10.2. The van der Waals surface area contributed by atoms with Gasteiger partial charge in [0.15, 0.2) is 17.5 Å². The molecule has 0 spiro atoms. The van der Waals surface area contributed by atoms with E-state index >= 15 is 0 Å². The normalized spacial score (nSPS) is 11.3. The van der Waals surface area contributed by atoms with Gasteiger partial charge in [0.1, 0.15) is 0 Å². The predicted molar refractivity (Wildman–Crippen MR) is 231 cm³/mol. The molecule has 8 aromatic carbocycles. The topological polar surface area (TPSA) is 38.7 Å². The van der Waals surface area contributed by atoms with E-state index in [4.69, 9.17) is 15.0 Å². The van der Waals surface area contributed by atoms with E-state index in [1.807, 2.05) is 23.5 Å². The van der Waals surface area contributed by atoms with Crippen LogP contribution in [0.25, 0.3) is 98.8 Å². The lowest BCUT2D eigenvalue weighted by atomic mass is 9.95. The number of rotatable bonds is 7. The van der Waals surface area contributed by atoms with Crippen LogP contribution in [0.15, 0.2) is 200 Å². The minimum absolute atomic E-state index is 0.637. The SMILES string of the molecule is c1ccc(-c2ccc(-c3nc(-c4ccc(-c5ccccc5)cc4)nc(-c4ccc(-c5ccccc5)c5c4sc4c(-c6ccccc6)cccc45)n3)cc2)cc1. The highest BCUT2D eigenvalue weighted by Gasteiger charge is 2.21. The zero-order chi connectivity index (χ0) is 36.6. The summed E-state index contributed by atoms with van der Waals surface area (Å²) in [5.41, 5.74) is 12.3. The fourth-order valence-electron chi connectivity index (χ4n) is 7.42. The van der Waals surface area contributed by atoms with Crippen molar-refractivity contribution in [2.75, 3.05) is 0 Å². The van der Waals surface area contributed by atoms with Gasteiger partial charge in [-0.1, -0.05) is 194 Å². The maximum absolute atomic E-state index is 5.25. The average Bonchev–Trinajstić information content (AvgIpc) is 3.67. The molecule has 0 saturated heterocycles. The summed E-state index contributed by atoms with van der Waals surface area (Å²) in [4.78, 5) is 15.6. The monoisotopic (exact) mass is 719 g/mol. The molecule has 258 valence electrons. The van der Waals surface area contributed by atoms with Crippen LogP contribution in [0.4, 0.5) is 0 Å². The molecule has 10 aromatic rings. The Morgan fingerprint density at radius 2 is 0.655 bits per heavy atom. The number of nitrogens with zero attached hydrogens (tertiary/aromatic N) is 3. The molecule has 0 bridgehead atoms. The number of thiophene rings is 1. The van der Waals surface area contributed by atoms with Crippen LogP contribution in [0.2, 0.25) is 0 Å². The van der Waals surface area contributed by atoms with Crippen molar-refractivity contribution in [3.8, 4) is 78.7 Å². The average molecular weight is 720 g/mol. The lowest BCUT2D eigenvalue weighted by Gasteiger charge is -2.12. The van der Waals surface area contributed by atoms with Crippen molar-refractivity contribution < 1.29 is 0 Å². The molecule has 4 heteroatoms. The van der Waals surface area contributed by atoms with Crippen molar-refractivity contribution >= 4 is 31.5 Å². The zero-order valence-electron chi connectivity index (χ0n) is 29.8. The van der Waals surface area contributed by atoms with Gasteiger partial charge in [-0.05, 0) is 50.6 Å². The molecule has 0 amide bonds. The minimum Gasteiger partial charge on any atom is -0.208 e. The summed E-state index contributed by atoms with van der Waals surface area (Å²) in [7, 11) is 0. The summed E-state index contributed by atoms with van der Waals surface area (Å²) in [6.07, 6.45) is 0. The molecule has 0 aliphatic rings. The van der Waals surface area contributed by atoms with Gasteiger partial charge >= 0.3 is 0 Å². The van der Waals surface area contributed by atoms with Crippen molar-refractivity contribution in [1.82, 2.24) is 15.0 Å². The van der Waals surface area contributed by atoms with Crippen molar-refractivity contribution in [3.63, 3.8) is 0 Å². The highest BCUT2D eigenvalue weighted by Crippen LogP contribution is 2.47. The molecule has 0 aliphatic carbocycles. The van der Waals surface area contributed by atoms with Gasteiger partial charge in [-0.3, -0.25) is 0 Å². The van der Waals surface area contributed by atoms with Crippen molar-refractivity contribution in [1.29, 1.82) is 0 Å². The molecule has 0 radical (unpaired) electrons. The largest absolute Gasteiger partial charge is 0.208 e. The van der Waals surface area contributed by atoms with Crippen molar-refractivity contribution in [2.24, 2.45) is 0 Å². The summed E-state index contributed by atoms with van der Waals surface area (Å²) in [5.74, 6) is 1.92. The Bertz CT molecular complexity index is 2820. The fourth-order valence-corrected chi connectivity index (χ4v) is 8.79. The quantitative estimate of drug-likeness (QED) is 0.165. The van der Waals surface area contributed by atoms with E-state index < -0.39 is 0 Å². The summed E-state index contributed by atoms with van der Waals surface area (Å²) in [6.45, 7) is 0. The maximum Gasteiger partial charge on any atom is 0.165 e. The molecule has 0 N–H and O–H groups in total. The first-order chi connectivity index (χ1) is 27.3. The van der Waals surface area contributed by atoms with Gasteiger partial charge in [0.25, 0.3) is 0 Å². The van der Waals surface area contributed by atoms with Crippen LogP contribution in [-0.2, 0) is 0 Å². The first-order valence-corrected chi connectivity index (χ1v) is 19.3. The molecular formula is C51H33N3S. The Morgan fingerprint density at radius 3 is 1.16 bits per heavy atom. The summed E-state index contributed by atoms with van der Waals surface area (Å²) >= 11 is 1.82. The highest BCUT2D eigenvalue weighted by atomic mass is 32.1. The van der Waals surface area contributed by atoms with Crippen molar-refractivity contribution in [3.05, 3.63) is 200 Å². The third kappa shape index (κ3) is 6.19. The molecule has 0 fully saturated rings. The van der Waals surface area contributed by atoms with Crippen LogP contribution in [0, 0.1) is 0 Å². The molecule has 2 heterocycles. The number of fused-ring (bicyclic) bond motifs is 3. The molecule has 55 heavy (non-hydrogen) atoms. The van der Waals surface area contributed by atoms with Crippen molar-refractivity contribution in [2.45, 2.75) is 0 Å². The van der Waals surface area contributed by atoms with E-state index in [-0.39, 0.29) is 0 Å². The molecule has 3 nitrogen and oxygen atoms in total. The third-order valence-corrected chi connectivity index (χ3v) is 11.5. The molecule has 0 aliphatic heterocycles. The van der Waals surface area contributed by atoms with E-state index in [0.29, 0.717) is 17.5 Å². The second-order valence-electron chi connectivity index (χ2n) is 13.6. The van der Waals surface area contributed by atoms with Gasteiger partial charge in [-0.2, -0.15) is 0 Å². The molecule has 0 saturated carbocycles. The molecule has 0 unspecified atom stereocenters. The lowest BCUT2D eigenvalue weighted by molar-refractivity contribution is 1.08. The Balaban J connectivity index is 1.19. The van der Waals surface area contributed by atoms with Gasteiger partial charge < -0.3 is 0 Å². The van der Waals surface area contributed by atoms with Gasteiger partial charge in [-0.15, -0.1) is 11.3 Å². The Morgan fingerprint density at radius 1 is 0.255 bits per heavy atom. The number of hydrogen-bond donors (Lipinski definition) is 0. The summed E-state index contributed by atoms with van der Waals surface area (Å²) in [5, 5.41) is 2.44. The van der Waals surface area contributed by atoms with E-state index in [1.54, 1.807) is 0 Å².